The summed E-state index contributed by atoms with van der Waals surface area (Å²) in [5.41, 5.74) is 0. The second-order valence-corrected chi connectivity index (χ2v) is 5.85. The average molecular weight is 257 g/mol. The molecule has 0 amide bonds. The summed E-state index contributed by atoms with van der Waals surface area (Å²) in [6, 6.07) is 3.22. The van der Waals surface area contributed by atoms with Crippen molar-refractivity contribution < 1.29 is 8.42 Å². The van der Waals surface area contributed by atoms with Crippen LogP contribution in [0.4, 0.5) is 5.82 Å². The second kappa shape index (κ2) is 5.97. The Morgan fingerprint density at radius 3 is 2.59 bits per heavy atom. The summed E-state index contributed by atoms with van der Waals surface area (Å²) in [6.45, 7) is 2.57. The van der Waals surface area contributed by atoms with Crippen LogP contribution in [0.15, 0.2) is 23.2 Å². The second-order valence-electron chi connectivity index (χ2n) is 3.81. The molecule has 6 heteroatoms. The van der Waals surface area contributed by atoms with E-state index in [-0.39, 0.29) is 4.90 Å². The third-order valence-corrected chi connectivity index (χ3v) is 4.37. The maximum absolute atomic E-state index is 12.1. The third kappa shape index (κ3) is 3.41. The summed E-state index contributed by atoms with van der Waals surface area (Å²) in [4.78, 5) is 4.24. The zero-order chi connectivity index (χ0) is 12.9. The van der Waals surface area contributed by atoms with Crippen molar-refractivity contribution in [3.63, 3.8) is 0 Å². The molecule has 5 nitrogen and oxygen atoms in total. The summed E-state index contributed by atoms with van der Waals surface area (Å²) in [6.07, 6.45) is 3.21. The van der Waals surface area contributed by atoms with Crippen LogP contribution in [0.25, 0.3) is 0 Å². The lowest BCUT2D eigenvalue weighted by Gasteiger charge is -2.16. The molecular formula is C11H19N3O2S. The first-order valence-corrected chi connectivity index (χ1v) is 7.06. The molecule has 0 spiro atoms. The van der Waals surface area contributed by atoms with Crippen molar-refractivity contribution in [2.45, 2.75) is 24.7 Å². The Morgan fingerprint density at radius 1 is 1.41 bits per heavy atom. The van der Waals surface area contributed by atoms with E-state index in [0.717, 1.165) is 12.8 Å². The minimum Gasteiger partial charge on any atom is -0.373 e. The predicted octanol–water partition coefficient (Wildman–Crippen LogP) is 1.54. The van der Waals surface area contributed by atoms with E-state index in [1.165, 1.54) is 10.5 Å². The van der Waals surface area contributed by atoms with Gasteiger partial charge in [-0.2, -0.15) is 0 Å². The Hall–Kier alpha value is -1.14. The van der Waals surface area contributed by atoms with Gasteiger partial charge in [0.2, 0.25) is 10.0 Å². The molecule has 0 saturated heterocycles. The molecule has 0 aromatic carbocycles. The number of nitrogens with one attached hydrogen (secondary N) is 1. The largest absolute Gasteiger partial charge is 0.373 e. The third-order valence-electron chi connectivity index (χ3n) is 2.53. The smallest absolute Gasteiger partial charge is 0.244 e. The Balaban J connectivity index is 2.88. The van der Waals surface area contributed by atoms with Crippen molar-refractivity contribution in [2.24, 2.45) is 0 Å². The van der Waals surface area contributed by atoms with E-state index in [2.05, 4.69) is 10.3 Å². The van der Waals surface area contributed by atoms with E-state index < -0.39 is 10.0 Å². The molecule has 17 heavy (non-hydrogen) atoms. The highest BCUT2D eigenvalue weighted by molar-refractivity contribution is 7.89. The highest BCUT2D eigenvalue weighted by atomic mass is 32.2. The van der Waals surface area contributed by atoms with Crippen LogP contribution >= 0.6 is 0 Å². The van der Waals surface area contributed by atoms with Gasteiger partial charge >= 0.3 is 0 Å². The lowest BCUT2D eigenvalue weighted by Crippen LogP contribution is -2.28. The zero-order valence-corrected chi connectivity index (χ0v) is 11.3. The average Bonchev–Trinajstić information content (AvgIpc) is 2.35. The maximum Gasteiger partial charge on any atom is 0.244 e. The van der Waals surface area contributed by atoms with E-state index >= 15 is 0 Å². The number of anilines is 1. The Bertz CT molecular complexity index is 442. The van der Waals surface area contributed by atoms with Gasteiger partial charge in [0.25, 0.3) is 0 Å². The van der Waals surface area contributed by atoms with Crippen molar-refractivity contribution in [3.05, 3.63) is 18.3 Å². The van der Waals surface area contributed by atoms with Crippen molar-refractivity contribution in [2.75, 3.05) is 26.0 Å². The maximum atomic E-state index is 12.1. The van der Waals surface area contributed by atoms with Gasteiger partial charge < -0.3 is 5.32 Å². The molecular weight excluding hydrogens is 238 g/mol. The topological polar surface area (TPSA) is 62.3 Å². The lowest BCUT2D eigenvalue weighted by atomic mass is 10.3. The summed E-state index contributed by atoms with van der Waals surface area (Å²) < 4.78 is 25.6. The molecule has 0 radical (unpaired) electrons. The Labute approximate surface area is 103 Å². The van der Waals surface area contributed by atoms with E-state index in [9.17, 15) is 8.42 Å². The van der Waals surface area contributed by atoms with Gasteiger partial charge in [0.05, 0.1) is 0 Å². The molecule has 1 rings (SSSR count). The van der Waals surface area contributed by atoms with E-state index in [4.69, 9.17) is 0 Å². The van der Waals surface area contributed by atoms with Crippen molar-refractivity contribution in [3.8, 4) is 0 Å². The van der Waals surface area contributed by atoms with Gasteiger partial charge in [-0.05, 0) is 18.6 Å². The standard InChI is InChI=1S/C11H19N3O2S/c1-4-5-8-14(3)17(15,16)10-6-7-11(12-2)13-9-10/h6-7,9H,4-5,8H2,1-3H3,(H,12,13). The number of pyridine rings is 1. The van der Waals surface area contributed by atoms with Crippen LogP contribution in [0.1, 0.15) is 19.8 Å². The molecule has 0 fully saturated rings. The SMILES string of the molecule is CCCCN(C)S(=O)(=O)c1ccc(NC)nc1. The van der Waals surface area contributed by atoms with Crippen molar-refractivity contribution in [1.29, 1.82) is 0 Å². The van der Waals surface area contributed by atoms with E-state index in [0.29, 0.717) is 12.4 Å². The summed E-state index contributed by atoms with van der Waals surface area (Å²) >= 11 is 0. The van der Waals surface area contributed by atoms with Crippen LogP contribution in [0.3, 0.4) is 0 Å². The van der Waals surface area contributed by atoms with Gasteiger partial charge in [0, 0.05) is 26.8 Å². The van der Waals surface area contributed by atoms with Gasteiger partial charge in [-0.25, -0.2) is 17.7 Å². The van der Waals surface area contributed by atoms with Crippen LogP contribution in [-0.2, 0) is 10.0 Å². The first-order valence-electron chi connectivity index (χ1n) is 5.62. The number of hydrogen-bond donors (Lipinski definition) is 1. The molecule has 0 unspecified atom stereocenters. The van der Waals surface area contributed by atoms with Crippen molar-refractivity contribution >= 4 is 15.8 Å². The first-order chi connectivity index (χ1) is 8.02. The molecule has 0 aliphatic carbocycles. The van der Waals surface area contributed by atoms with Crippen molar-refractivity contribution in [1.82, 2.24) is 9.29 Å². The predicted molar refractivity (Wildman–Crippen MR) is 68.5 cm³/mol. The van der Waals surface area contributed by atoms with Crippen LogP contribution in [0.2, 0.25) is 0 Å². The number of rotatable bonds is 6. The summed E-state index contributed by atoms with van der Waals surface area (Å²) in [5, 5.41) is 2.85. The molecule has 1 aromatic rings. The molecule has 0 saturated carbocycles. The molecule has 1 N–H and O–H groups in total. The monoisotopic (exact) mass is 257 g/mol. The highest BCUT2D eigenvalue weighted by Crippen LogP contribution is 2.15. The molecule has 0 aliphatic rings. The fourth-order valence-corrected chi connectivity index (χ4v) is 2.52. The number of aromatic nitrogens is 1. The van der Waals surface area contributed by atoms with Gasteiger partial charge in [0.15, 0.2) is 0 Å². The molecule has 0 atom stereocenters. The fourth-order valence-electron chi connectivity index (χ4n) is 1.36. The highest BCUT2D eigenvalue weighted by Gasteiger charge is 2.20. The minimum absolute atomic E-state index is 0.232. The van der Waals surface area contributed by atoms with E-state index in [1.807, 2.05) is 6.92 Å². The number of hydrogen-bond acceptors (Lipinski definition) is 4. The molecule has 0 aliphatic heterocycles. The minimum atomic E-state index is -3.39. The summed E-state index contributed by atoms with van der Waals surface area (Å²) in [7, 11) is -0.0590. The van der Waals surface area contributed by atoms with E-state index in [1.54, 1.807) is 26.2 Å². The lowest BCUT2D eigenvalue weighted by molar-refractivity contribution is 0.459. The molecule has 1 heterocycles. The van der Waals surface area contributed by atoms with Crippen LogP contribution in [-0.4, -0.2) is 38.3 Å². The van der Waals surface area contributed by atoms with Gasteiger partial charge in [-0.15, -0.1) is 0 Å². The van der Waals surface area contributed by atoms with Crippen LogP contribution in [0, 0.1) is 0 Å². The number of sulfonamides is 1. The van der Waals surface area contributed by atoms with Crippen LogP contribution in [0.5, 0.6) is 0 Å². The number of nitrogens with zero attached hydrogens (tertiary/aromatic N) is 2. The van der Waals surface area contributed by atoms with Gasteiger partial charge in [0.1, 0.15) is 10.7 Å². The van der Waals surface area contributed by atoms with Crippen LogP contribution < -0.4 is 5.32 Å². The normalized spacial score (nSPS) is 11.8. The zero-order valence-electron chi connectivity index (χ0n) is 10.5. The van der Waals surface area contributed by atoms with Gasteiger partial charge in [-0.3, -0.25) is 0 Å². The molecule has 1 aromatic heterocycles. The fraction of sp³-hybridized carbons (Fsp3) is 0.545. The Kier molecular flexibility index (Phi) is 4.89. The quantitative estimate of drug-likeness (QED) is 0.839. The number of unbranched alkanes of at least 4 members (excludes halogenated alkanes) is 1. The Morgan fingerprint density at radius 2 is 2.12 bits per heavy atom. The summed E-state index contributed by atoms with van der Waals surface area (Å²) in [5.74, 6) is 0.653. The molecule has 96 valence electrons. The first kappa shape index (κ1) is 13.9. The molecule has 0 bridgehead atoms. The van der Waals surface area contributed by atoms with Gasteiger partial charge in [-0.1, -0.05) is 13.3 Å².